The SMILES string of the molecule is COCc1c(F)ccc(C(N)CC(=O)O)c1OC. The van der Waals surface area contributed by atoms with Crippen molar-refractivity contribution in [3.8, 4) is 5.75 Å². The lowest BCUT2D eigenvalue weighted by molar-refractivity contribution is -0.137. The van der Waals surface area contributed by atoms with Crippen LogP contribution in [0.25, 0.3) is 0 Å². The number of ether oxygens (including phenoxy) is 2. The molecule has 0 aliphatic carbocycles. The van der Waals surface area contributed by atoms with Gasteiger partial charge >= 0.3 is 5.97 Å². The molecule has 3 N–H and O–H groups in total. The van der Waals surface area contributed by atoms with Crippen LogP contribution in [0.5, 0.6) is 5.75 Å². The summed E-state index contributed by atoms with van der Waals surface area (Å²) in [5, 5.41) is 8.72. The molecule has 0 saturated carbocycles. The number of methoxy groups -OCH3 is 2. The summed E-state index contributed by atoms with van der Waals surface area (Å²) in [7, 11) is 2.81. The van der Waals surface area contributed by atoms with Crippen LogP contribution >= 0.6 is 0 Å². The van der Waals surface area contributed by atoms with E-state index in [1.165, 1.54) is 26.4 Å². The maximum absolute atomic E-state index is 13.6. The highest BCUT2D eigenvalue weighted by atomic mass is 19.1. The molecule has 5 nitrogen and oxygen atoms in total. The third-order valence-electron chi connectivity index (χ3n) is 2.52. The molecule has 0 aromatic heterocycles. The summed E-state index contributed by atoms with van der Waals surface area (Å²) >= 11 is 0. The van der Waals surface area contributed by atoms with E-state index in [9.17, 15) is 9.18 Å². The molecule has 18 heavy (non-hydrogen) atoms. The number of aliphatic carboxylic acids is 1. The first-order valence-corrected chi connectivity index (χ1v) is 5.32. The van der Waals surface area contributed by atoms with Crippen molar-refractivity contribution in [2.45, 2.75) is 19.1 Å². The van der Waals surface area contributed by atoms with Crippen molar-refractivity contribution >= 4 is 5.97 Å². The summed E-state index contributed by atoms with van der Waals surface area (Å²) in [6.45, 7) is 0.0304. The van der Waals surface area contributed by atoms with Crippen LogP contribution in [-0.4, -0.2) is 25.3 Å². The lowest BCUT2D eigenvalue weighted by Crippen LogP contribution is -2.17. The predicted octanol–water partition coefficient (Wildman–Crippen LogP) is 1.46. The number of hydrogen-bond donors (Lipinski definition) is 2. The maximum atomic E-state index is 13.6. The fraction of sp³-hybridized carbons (Fsp3) is 0.417. The number of benzene rings is 1. The van der Waals surface area contributed by atoms with Gasteiger partial charge < -0.3 is 20.3 Å². The first-order valence-electron chi connectivity index (χ1n) is 5.32. The summed E-state index contributed by atoms with van der Waals surface area (Å²) in [4.78, 5) is 10.6. The highest BCUT2D eigenvalue weighted by molar-refractivity contribution is 5.68. The second-order valence-corrected chi connectivity index (χ2v) is 3.79. The fourth-order valence-electron chi connectivity index (χ4n) is 1.73. The van der Waals surface area contributed by atoms with Gasteiger partial charge in [0.15, 0.2) is 0 Å². The summed E-state index contributed by atoms with van der Waals surface area (Å²) in [5.74, 6) is -1.26. The molecule has 1 aromatic rings. The molecule has 0 spiro atoms. The van der Waals surface area contributed by atoms with E-state index in [2.05, 4.69) is 0 Å². The monoisotopic (exact) mass is 257 g/mol. The van der Waals surface area contributed by atoms with Gasteiger partial charge in [0.25, 0.3) is 0 Å². The van der Waals surface area contributed by atoms with Crippen LogP contribution in [0.1, 0.15) is 23.6 Å². The van der Waals surface area contributed by atoms with E-state index in [0.29, 0.717) is 5.56 Å². The number of carbonyl (C=O) groups is 1. The van der Waals surface area contributed by atoms with Gasteiger partial charge in [0.05, 0.1) is 25.7 Å². The van der Waals surface area contributed by atoms with E-state index in [0.717, 1.165) is 0 Å². The van der Waals surface area contributed by atoms with Gasteiger partial charge in [0, 0.05) is 18.7 Å². The molecule has 0 radical (unpaired) electrons. The van der Waals surface area contributed by atoms with Crippen molar-refractivity contribution in [3.63, 3.8) is 0 Å². The van der Waals surface area contributed by atoms with Crippen molar-refractivity contribution in [2.24, 2.45) is 5.73 Å². The largest absolute Gasteiger partial charge is 0.496 e. The average Bonchev–Trinajstić information content (AvgIpc) is 2.30. The third-order valence-corrected chi connectivity index (χ3v) is 2.52. The molecule has 1 aromatic carbocycles. The minimum atomic E-state index is -1.03. The van der Waals surface area contributed by atoms with Gasteiger partial charge in [-0.15, -0.1) is 0 Å². The average molecular weight is 257 g/mol. The lowest BCUT2D eigenvalue weighted by Gasteiger charge is -2.17. The van der Waals surface area contributed by atoms with Gasteiger partial charge in [0.1, 0.15) is 11.6 Å². The molecule has 6 heteroatoms. The van der Waals surface area contributed by atoms with Crippen molar-refractivity contribution in [1.29, 1.82) is 0 Å². The molecular weight excluding hydrogens is 241 g/mol. The van der Waals surface area contributed by atoms with E-state index in [1.807, 2.05) is 0 Å². The molecule has 0 heterocycles. The van der Waals surface area contributed by atoms with Crippen LogP contribution in [0.3, 0.4) is 0 Å². The Hall–Kier alpha value is -1.66. The number of halogens is 1. The zero-order chi connectivity index (χ0) is 13.7. The smallest absolute Gasteiger partial charge is 0.305 e. The Morgan fingerprint density at radius 3 is 2.67 bits per heavy atom. The van der Waals surface area contributed by atoms with Crippen LogP contribution < -0.4 is 10.5 Å². The first-order chi connectivity index (χ1) is 8.51. The van der Waals surface area contributed by atoms with Gasteiger partial charge in [-0.2, -0.15) is 0 Å². The normalized spacial score (nSPS) is 12.2. The second-order valence-electron chi connectivity index (χ2n) is 3.79. The first kappa shape index (κ1) is 14.4. The lowest BCUT2D eigenvalue weighted by atomic mass is 10.00. The summed E-state index contributed by atoms with van der Waals surface area (Å²) in [6, 6.07) is 1.91. The van der Waals surface area contributed by atoms with Crippen LogP contribution in [0, 0.1) is 5.82 Å². The Kier molecular flexibility index (Phi) is 5.06. The molecule has 0 aliphatic rings. The topological polar surface area (TPSA) is 81.8 Å². The zero-order valence-corrected chi connectivity index (χ0v) is 10.3. The van der Waals surface area contributed by atoms with Crippen molar-refractivity contribution < 1.29 is 23.8 Å². The zero-order valence-electron chi connectivity index (χ0n) is 10.3. The van der Waals surface area contributed by atoms with Crippen LogP contribution in [0.4, 0.5) is 4.39 Å². The van der Waals surface area contributed by atoms with Crippen LogP contribution in [-0.2, 0) is 16.1 Å². The van der Waals surface area contributed by atoms with Crippen LogP contribution in [0.2, 0.25) is 0 Å². The molecule has 0 fully saturated rings. The van der Waals surface area contributed by atoms with Crippen molar-refractivity contribution in [3.05, 3.63) is 29.1 Å². The fourth-order valence-corrected chi connectivity index (χ4v) is 1.73. The van der Waals surface area contributed by atoms with Gasteiger partial charge in [-0.1, -0.05) is 6.07 Å². The van der Waals surface area contributed by atoms with Gasteiger partial charge in [-0.05, 0) is 6.07 Å². The van der Waals surface area contributed by atoms with E-state index in [4.69, 9.17) is 20.3 Å². The molecule has 0 bridgehead atoms. The number of nitrogens with two attached hydrogens (primary N) is 1. The number of rotatable bonds is 6. The van der Waals surface area contributed by atoms with Crippen LogP contribution in [0.15, 0.2) is 12.1 Å². The molecule has 100 valence electrons. The van der Waals surface area contributed by atoms with Gasteiger partial charge in [-0.25, -0.2) is 4.39 Å². The molecule has 0 amide bonds. The van der Waals surface area contributed by atoms with E-state index in [-0.39, 0.29) is 24.3 Å². The predicted molar refractivity (Wildman–Crippen MR) is 62.8 cm³/mol. The summed E-state index contributed by atoms with van der Waals surface area (Å²) < 4.78 is 23.6. The Balaban J connectivity index is 3.19. The van der Waals surface area contributed by atoms with Gasteiger partial charge in [0.2, 0.25) is 0 Å². The summed E-state index contributed by atoms with van der Waals surface area (Å²) in [6.07, 6.45) is -0.256. The quantitative estimate of drug-likeness (QED) is 0.806. The molecular formula is C12H16FNO4. The molecule has 0 aliphatic heterocycles. The van der Waals surface area contributed by atoms with Gasteiger partial charge in [-0.3, -0.25) is 4.79 Å². The van der Waals surface area contributed by atoms with Crippen molar-refractivity contribution in [1.82, 2.24) is 0 Å². The number of carboxylic acids is 1. The van der Waals surface area contributed by atoms with E-state index >= 15 is 0 Å². The highest BCUT2D eigenvalue weighted by Gasteiger charge is 2.20. The molecule has 1 atom stereocenters. The number of hydrogen-bond acceptors (Lipinski definition) is 4. The Morgan fingerprint density at radius 1 is 1.50 bits per heavy atom. The Morgan fingerprint density at radius 2 is 2.17 bits per heavy atom. The minimum absolute atomic E-state index is 0.0304. The van der Waals surface area contributed by atoms with Crippen molar-refractivity contribution in [2.75, 3.05) is 14.2 Å². The van der Waals surface area contributed by atoms with E-state index < -0.39 is 17.8 Å². The second kappa shape index (κ2) is 6.32. The van der Waals surface area contributed by atoms with E-state index in [1.54, 1.807) is 0 Å². The Labute approximate surface area is 104 Å². The molecule has 1 unspecified atom stereocenters. The maximum Gasteiger partial charge on any atom is 0.305 e. The third kappa shape index (κ3) is 3.18. The Bertz CT molecular complexity index is 436. The number of carboxylic acid groups (broad SMARTS) is 1. The highest BCUT2D eigenvalue weighted by Crippen LogP contribution is 2.31. The standard InChI is InChI=1S/C12H16FNO4/c1-17-6-8-9(13)4-3-7(12(8)18-2)10(14)5-11(15)16/h3-4,10H,5-6,14H2,1-2H3,(H,15,16). The molecule has 0 saturated heterocycles. The summed E-state index contributed by atoms with van der Waals surface area (Å²) in [5.41, 5.74) is 6.45. The molecule has 1 rings (SSSR count). The minimum Gasteiger partial charge on any atom is -0.496 e.